The van der Waals surface area contributed by atoms with E-state index >= 15 is 0 Å². The number of methoxy groups -OCH3 is 2. The molecule has 33 heavy (non-hydrogen) atoms. The Labute approximate surface area is 206 Å². The van der Waals surface area contributed by atoms with Crippen molar-refractivity contribution in [3.05, 3.63) is 81.8 Å². The quantitative estimate of drug-likeness (QED) is 0.405. The maximum atomic E-state index is 13.4. The van der Waals surface area contributed by atoms with Crippen LogP contribution >= 0.6 is 27.5 Å². The van der Waals surface area contributed by atoms with Gasteiger partial charge in [0.2, 0.25) is 15.9 Å². The predicted molar refractivity (Wildman–Crippen MR) is 131 cm³/mol. The number of benzene rings is 3. The largest absolute Gasteiger partial charge is 0.497 e. The molecule has 1 N–H and O–H groups in total. The van der Waals surface area contributed by atoms with E-state index in [-0.39, 0.29) is 11.4 Å². The molecule has 0 saturated heterocycles. The van der Waals surface area contributed by atoms with E-state index in [0.717, 1.165) is 8.78 Å². The van der Waals surface area contributed by atoms with Crippen molar-refractivity contribution in [2.24, 2.45) is 0 Å². The molecule has 0 fully saturated rings. The van der Waals surface area contributed by atoms with Gasteiger partial charge in [0.1, 0.15) is 11.5 Å². The average Bonchev–Trinajstić information content (AvgIpc) is 2.80. The van der Waals surface area contributed by atoms with Crippen molar-refractivity contribution in [2.75, 3.05) is 26.1 Å². The Kier molecular flexibility index (Phi) is 8.36. The molecule has 0 saturated carbocycles. The molecule has 0 atom stereocenters. The highest BCUT2D eigenvalue weighted by atomic mass is 79.9. The van der Waals surface area contributed by atoms with Gasteiger partial charge in [0, 0.05) is 22.1 Å². The van der Waals surface area contributed by atoms with Crippen LogP contribution in [0.4, 0.5) is 5.69 Å². The molecule has 1 amide bonds. The van der Waals surface area contributed by atoms with E-state index in [9.17, 15) is 13.2 Å². The predicted octanol–water partition coefficient (Wildman–Crippen LogP) is 4.95. The zero-order valence-electron chi connectivity index (χ0n) is 17.9. The molecule has 0 bridgehead atoms. The van der Waals surface area contributed by atoms with Crippen LogP contribution in [0.15, 0.2) is 76.1 Å². The number of carbonyl (C=O) groups is 1. The first-order chi connectivity index (χ1) is 15.7. The fraction of sp³-hybridized carbons (Fsp3) is 0.174. The first-order valence-electron chi connectivity index (χ1n) is 9.75. The number of hydrogen-bond donors (Lipinski definition) is 1. The van der Waals surface area contributed by atoms with E-state index in [0.29, 0.717) is 27.8 Å². The van der Waals surface area contributed by atoms with Crippen LogP contribution < -0.4 is 14.8 Å². The van der Waals surface area contributed by atoms with Crippen molar-refractivity contribution in [1.29, 1.82) is 0 Å². The number of sulfonamides is 1. The molecule has 10 heteroatoms. The smallest absolute Gasteiger partial charge is 0.243 e. The van der Waals surface area contributed by atoms with Crippen LogP contribution in [-0.4, -0.2) is 39.4 Å². The van der Waals surface area contributed by atoms with Crippen LogP contribution in [-0.2, 0) is 21.4 Å². The standard InChI is InChI=1S/C23H22BrClN2O5S/c1-31-19-9-12-22(32-2)21(13-19)26-23(28)15-27(14-16-3-7-18(25)8-4-16)33(29,30)20-10-5-17(24)6-11-20/h3-13H,14-15H2,1-2H3,(H,26,28). The van der Waals surface area contributed by atoms with Crippen LogP contribution in [0.5, 0.6) is 11.5 Å². The Hall–Kier alpha value is -2.59. The van der Waals surface area contributed by atoms with E-state index in [2.05, 4.69) is 21.2 Å². The van der Waals surface area contributed by atoms with Gasteiger partial charge in [-0.25, -0.2) is 8.42 Å². The van der Waals surface area contributed by atoms with Crippen LogP contribution in [0.25, 0.3) is 0 Å². The third-order valence-corrected chi connectivity index (χ3v) is 7.31. The highest BCUT2D eigenvalue weighted by Gasteiger charge is 2.27. The normalized spacial score (nSPS) is 11.3. The number of rotatable bonds is 9. The van der Waals surface area contributed by atoms with Gasteiger partial charge < -0.3 is 14.8 Å². The molecule has 3 aromatic carbocycles. The molecule has 0 aliphatic heterocycles. The molecule has 0 radical (unpaired) electrons. The number of halogens is 2. The summed E-state index contributed by atoms with van der Waals surface area (Å²) >= 11 is 9.26. The van der Waals surface area contributed by atoms with Crippen molar-refractivity contribution < 1.29 is 22.7 Å². The number of ether oxygens (including phenoxy) is 2. The number of amides is 1. The Morgan fingerprint density at radius 2 is 1.67 bits per heavy atom. The van der Waals surface area contributed by atoms with Gasteiger partial charge >= 0.3 is 0 Å². The second-order valence-electron chi connectivity index (χ2n) is 6.97. The maximum absolute atomic E-state index is 13.4. The highest BCUT2D eigenvalue weighted by Crippen LogP contribution is 2.29. The van der Waals surface area contributed by atoms with Gasteiger partial charge in [-0.3, -0.25) is 4.79 Å². The molecule has 0 aromatic heterocycles. The molecule has 0 unspecified atom stereocenters. The molecule has 0 aliphatic carbocycles. The minimum Gasteiger partial charge on any atom is -0.497 e. The van der Waals surface area contributed by atoms with Gasteiger partial charge in [0.25, 0.3) is 0 Å². The molecule has 0 aliphatic rings. The van der Waals surface area contributed by atoms with Crippen molar-refractivity contribution in [3.63, 3.8) is 0 Å². The van der Waals surface area contributed by atoms with Gasteiger partial charge in [-0.05, 0) is 54.1 Å². The maximum Gasteiger partial charge on any atom is 0.243 e. The molecule has 0 heterocycles. The Bertz CT molecular complexity index is 1220. The van der Waals surface area contributed by atoms with E-state index in [4.69, 9.17) is 21.1 Å². The summed E-state index contributed by atoms with van der Waals surface area (Å²) in [5.74, 6) is 0.409. The average molecular weight is 554 g/mol. The Morgan fingerprint density at radius 3 is 2.27 bits per heavy atom. The monoisotopic (exact) mass is 552 g/mol. The molecule has 174 valence electrons. The molecule has 0 spiro atoms. The van der Waals surface area contributed by atoms with Crippen LogP contribution in [0.3, 0.4) is 0 Å². The van der Waals surface area contributed by atoms with Gasteiger partial charge in [0.05, 0.1) is 31.3 Å². The van der Waals surface area contributed by atoms with Gasteiger partial charge in [-0.2, -0.15) is 4.31 Å². The first kappa shape index (κ1) is 25.0. The zero-order valence-corrected chi connectivity index (χ0v) is 21.1. The summed E-state index contributed by atoms with van der Waals surface area (Å²) in [5.41, 5.74) is 1.06. The third kappa shape index (κ3) is 6.48. The summed E-state index contributed by atoms with van der Waals surface area (Å²) in [7, 11) is -0.999. The fourth-order valence-electron chi connectivity index (χ4n) is 3.04. The topological polar surface area (TPSA) is 84.9 Å². The summed E-state index contributed by atoms with van der Waals surface area (Å²) < 4.78 is 39.1. The third-order valence-electron chi connectivity index (χ3n) is 4.72. The molecular weight excluding hydrogens is 532 g/mol. The van der Waals surface area contributed by atoms with Crippen LogP contribution in [0, 0.1) is 0 Å². The van der Waals surface area contributed by atoms with E-state index in [1.54, 1.807) is 54.6 Å². The lowest BCUT2D eigenvalue weighted by Crippen LogP contribution is -2.37. The zero-order chi connectivity index (χ0) is 24.0. The lowest BCUT2D eigenvalue weighted by atomic mass is 10.2. The number of anilines is 1. The number of nitrogens with one attached hydrogen (secondary N) is 1. The minimum absolute atomic E-state index is 0.0156. The summed E-state index contributed by atoms with van der Waals surface area (Å²) in [6.45, 7) is -0.431. The minimum atomic E-state index is -3.98. The number of carbonyl (C=O) groups excluding carboxylic acids is 1. The number of nitrogens with zero attached hydrogens (tertiary/aromatic N) is 1. The highest BCUT2D eigenvalue weighted by molar-refractivity contribution is 9.10. The fourth-order valence-corrected chi connectivity index (χ4v) is 4.81. The molecule has 7 nitrogen and oxygen atoms in total. The Balaban J connectivity index is 1.90. The molecular formula is C23H22BrClN2O5S. The summed E-state index contributed by atoms with van der Waals surface area (Å²) in [5, 5.41) is 3.25. The lowest BCUT2D eigenvalue weighted by molar-refractivity contribution is -0.116. The van der Waals surface area contributed by atoms with E-state index in [1.165, 1.54) is 26.4 Å². The lowest BCUT2D eigenvalue weighted by Gasteiger charge is -2.22. The van der Waals surface area contributed by atoms with Gasteiger partial charge in [0.15, 0.2) is 0 Å². The van der Waals surface area contributed by atoms with Crippen molar-refractivity contribution in [3.8, 4) is 11.5 Å². The van der Waals surface area contributed by atoms with Gasteiger partial charge in [-0.15, -0.1) is 0 Å². The summed E-state index contributed by atoms with van der Waals surface area (Å²) in [4.78, 5) is 13.0. The summed E-state index contributed by atoms with van der Waals surface area (Å²) in [6.07, 6.45) is 0. The first-order valence-corrected chi connectivity index (χ1v) is 12.4. The Morgan fingerprint density at radius 1 is 1.00 bits per heavy atom. The van der Waals surface area contributed by atoms with Gasteiger partial charge in [-0.1, -0.05) is 39.7 Å². The van der Waals surface area contributed by atoms with Crippen LogP contribution in [0.1, 0.15) is 5.56 Å². The second-order valence-corrected chi connectivity index (χ2v) is 10.3. The van der Waals surface area contributed by atoms with E-state index in [1.807, 2.05) is 0 Å². The van der Waals surface area contributed by atoms with Crippen LogP contribution in [0.2, 0.25) is 5.02 Å². The number of hydrogen-bond acceptors (Lipinski definition) is 5. The van der Waals surface area contributed by atoms with Crippen molar-refractivity contribution in [1.82, 2.24) is 4.31 Å². The SMILES string of the molecule is COc1ccc(OC)c(NC(=O)CN(Cc2ccc(Cl)cc2)S(=O)(=O)c2ccc(Br)cc2)c1. The van der Waals surface area contributed by atoms with Crippen molar-refractivity contribution in [2.45, 2.75) is 11.4 Å². The molecule has 3 rings (SSSR count). The van der Waals surface area contributed by atoms with Crippen molar-refractivity contribution >= 4 is 49.1 Å². The second kappa shape index (κ2) is 11.0. The molecule has 3 aromatic rings. The summed E-state index contributed by atoms with van der Waals surface area (Å²) in [6, 6.07) is 18.0. The van der Waals surface area contributed by atoms with E-state index < -0.39 is 22.5 Å².